The molecule has 0 spiro atoms. The lowest BCUT2D eigenvalue weighted by atomic mass is 10.2. The van der Waals surface area contributed by atoms with Crippen molar-refractivity contribution >= 4 is 34.5 Å². The van der Waals surface area contributed by atoms with Crippen molar-refractivity contribution < 1.29 is 14.3 Å². The largest absolute Gasteiger partial charge is 0.495 e. The second kappa shape index (κ2) is 8.35. The van der Waals surface area contributed by atoms with Crippen LogP contribution in [0.1, 0.15) is 18.7 Å². The number of ether oxygens (including phenoxy) is 1. The standard InChI is InChI=1S/C17H21N3O3S/c1-11(17(22)18-10-14-5-4-8-24-14)19-15-9-13(20-12(2)21)6-7-16(15)23-3/h4-9,11,19H,10H2,1-3H3,(H,18,22)(H,20,21)/t11-/m0/s1. The van der Waals surface area contributed by atoms with Crippen LogP contribution in [0.15, 0.2) is 35.7 Å². The van der Waals surface area contributed by atoms with Crippen LogP contribution in [0.3, 0.4) is 0 Å². The molecule has 0 bridgehead atoms. The Balaban J connectivity index is 2.01. The van der Waals surface area contributed by atoms with Crippen molar-refractivity contribution in [1.82, 2.24) is 5.32 Å². The molecule has 1 aromatic carbocycles. The molecule has 1 atom stereocenters. The zero-order valence-corrected chi connectivity index (χ0v) is 14.7. The molecule has 2 amide bonds. The number of nitrogens with one attached hydrogen (secondary N) is 3. The Labute approximate surface area is 145 Å². The normalized spacial score (nSPS) is 11.5. The maximum atomic E-state index is 12.2. The Hall–Kier alpha value is -2.54. The second-order valence-corrected chi connectivity index (χ2v) is 6.29. The first-order chi connectivity index (χ1) is 11.5. The van der Waals surface area contributed by atoms with Crippen LogP contribution in [-0.4, -0.2) is 25.0 Å². The van der Waals surface area contributed by atoms with E-state index in [4.69, 9.17) is 4.74 Å². The molecule has 0 fully saturated rings. The summed E-state index contributed by atoms with van der Waals surface area (Å²) in [6, 6.07) is 8.70. The van der Waals surface area contributed by atoms with Crippen LogP contribution in [0.2, 0.25) is 0 Å². The highest BCUT2D eigenvalue weighted by atomic mass is 32.1. The minimum atomic E-state index is -0.452. The maximum absolute atomic E-state index is 12.2. The molecule has 2 aromatic rings. The Morgan fingerprint density at radius 2 is 2.08 bits per heavy atom. The molecule has 0 unspecified atom stereocenters. The van der Waals surface area contributed by atoms with Crippen molar-refractivity contribution in [3.8, 4) is 5.75 Å². The van der Waals surface area contributed by atoms with Gasteiger partial charge in [-0.2, -0.15) is 0 Å². The van der Waals surface area contributed by atoms with Crippen LogP contribution in [0, 0.1) is 0 Å². The monoisotopic (exact) mass is 347 g/mol. The van der Waals surface area contributed by atoms with Gasteiger partial charge >= 0.3 is 0 Å². The van der Waals surface area contributed by atoms with E-state index in [2.05, 4.69) is 16.0 Å². The van der Waals surface area contributed by atoms with Gasteiger partial charge in [-0.15, -0.1) is 11.3 Å². The predicted octanol–water partition coefficient (Wildman–Crippen LogP) is 2.83. The van der Waals surface area contributed by atoms with Gasteiger partial charge in [0.1, 0.15) is 11.8 Å². The Morgan fingerprint density at radius 1 is 1.29 bits per heavy atom. The van der Waals surface area contributed by atoms with E-state index < -0.39 is 6.04 Å². The zero-order valence-electron chi connectivity index (χ0n) is 13.9. The number of hydrogen-bond donors (Lipinski definition) is 3. The lowest BCUT2D eigenvalue weighted by molar-refractivity contribution is -0.121. The molecule has 2 rings (SSSR count). The highest BCUT2D eigenvalue weighted by Crippen LogP contribution is 2.28. The number of carbonyl (C=O) groups is 2. The molecule has 24 heavy (non-hydrogen) atoms. The van der Waals surface area contributed by atoms with E-state index in [0.717, 1.165) is 4.88 Å². The number of amides is 2. The highest BCUT2D eigenvalue weighted by Gasteiger charge is 2.15. The molecule has 128 valence electrons. The lowest BCUT2D eigenvalue weighted by Gasteiger charge is -2.18. The molecule has 1 aromatic heterocycles. The fourth-order valence-electron chi connectivity index (χ4n) is 2.14. The van der Waals surface area contributed by atoms with Crippen LogP contribution in [0.5, 0.6) is 5.75 Å². The Bertz CT molecular complexity index is 701. The quantitative estimate of drug-likeness (QED) is 0.719. The van der Waals surface area contributed by atoms with Gasteiger partial charge in [-0.1, -0.05) is 6.07 Å². The summed E-state index contributed by atoms with van der Waals surface area (Å²) in [6.07, 6.45) is 0. The fourth-order valence-corrected chi connectivity index (χ4v) is 2.79. The first kappa shape index (κ1) is 17.8. The number of thiophene rings is 1. The van der Waals surface area contributed by atoms with Gasteiger partial charge in [0, 0.05) is 17.5 Å². The highest BCUT2D eigenvalue weighted by molar-refractivity contribution is 7.09. The van der Waals surface area contributed by atoms with Gasteiger partial charge in [-0.05, 0) is 36.6 Å². The maximum Gasteiger partial charge on any atom is 0.242 e. The second-order valence-electron chi connectivity index (χ2n) is 5.26. The molecule has 6 nitrogen and oxygen atoms in total. The molecule has 0 aliphatic rings. The van der Waals surface area contributed by atoms with Crippen LogP contribution in [-0.2, 0) is 16.1 Å². The van der Waals surface area contributed by atoms with Gasteiger partial charge in [-0.25, -0.2) is 0 Å². The number of benzene rings is 1. The van der Waals surface area contributed by atoms with Gasteiger partial charge in [0.05, 0.1) is 19.3 Å². The summed E-state index contributed by atoms with van der Waals surface area (Å²) < 4.78 is 5.30. The molecule has 0 aliphatic carbocycles. The van der Waals surface area contributed by atoms with Crippen molar-refractivity contribution in [2.45, 2.75) is 26.4 Å². The summed E-state index contributed by atoms with van der Waals surface area (Å²) in [5.41, 5.74) is 1.28. The zero-order chi connectivity index (χ0) is 17.5. The van der Waals surface area contributed by atoms with Gasteiger partial charge in [0.15, 0.2) is 0 Å². The summed E-state index contributed by atoms with van der Waals surface area (Å²) >= 11 is 1.60. The molecule has 0 aliphatic heterocycles. The number of carbonyl (C=O) groups excluding carboxylic acids is 2. The van der Waals surface area contributed by atoms with E-state index in [-0.39, 0.29) is 11.8 Å². The lowest BCUT2D eigenvalue weighted by Crippen LogP contribution is -2.37. The van der Waals surface area contributed by atoms with Gasteiger partial charge in [0.2, 0.25) is 11.8 Å². The summed E-state index contributed by atoms with van der Waals surface area (Å²) in [5.74, 6) is 0.324. The molecule has 0 radical (unpaired) electrons. The van der Waals surface area contributed by atoms with Crippen LogP contribution >= 0.6 is 11.3 Å². The third kappa shape index (κ3) is 4.99. The first-order valence-corrected chi connectivity index (χ1v) is 8.40. The van der Waals surface area contributed by atoms with Crippen molar-refractivity contribution in [3.63, 3.8) is 0 Å². The summed E-state index contributed by atoms with van der Waals surface area (Å²) in [5, 5.41) is 10.7. The number of methoxy groups -OCH3 is 1. The molecule has 3 N–H and O–H groups in total. The SMILES string of the molecule is COc1ccc(NC(C)=O)cc1N[C@@H](C)C(=O)NCc1cccs1. The topological polar surface area (TPSA) is 79.5 Å². The summed E-state index contributed by atoms with van der Waals surface area (Å²) in [6.45, 7) is 3.72. The molecular weight excluding hydrogens is 326 g/mol. The minimum Gasteiger partial charge on any atom is -0.495 e. The molecule has 0 saturated carbocycles. The number of hydrogen-bond acceptors (Lipinski definition) is 5. The van der Waals surface area contributed by atoms with Gasteiger partial charge < -0.3 is 20.7 Å². The number of rotatable bonds is 7. The van der Waals surface area contributed by atoms with Crippen molar-refractivity contribution in [3.05, 3.63) is 40.6 Å². The van der Waals surface area contributed by atoms with Crippen molar-refractivity contribution in [2.24, 2.45) is 0 Å². The molecule has 1 heterocycles. The first-order valence-electron chi connectivity index (χ1n) is 7.52. The summed E-state index contributed by atoms with van der Waals surface area (Å²) in [4.78, 5) is 24.5. The average molecular weight is 347 g/mol. The Morgan fingerprint density at radius 3 is 2.71 bits per heavy atom. The predicted molar refractivity (Wildman–Crippen MR) is 96.5 cm³/mol. The van der Waals surface area contributed by atoms with E-state index in [1.165, 1.54) is 6.92 Å². The third-order valence-corrected chi connectivity index (χ3v) is 4.18. The Kier molecular flexibility index (Phi) is 6.20. The minimum absolute atomic E-state index is 0.115. The van der Waals surface area contributed by atoms with Crippen LogP contribution in [0.25, 0.3) is 0 Å². The smallest absolute Gasteiger partial charge is 0.242 e. The molecule has 7 heteroatoms. The van der Waals surface area contributed by atoms with Gasteiger partial charge in [0.25, 0.3) is 0 Å². The van der Waals surface area contributed by atoms with E-state index >= 15 is 0 Å². The average Bonchev–Trinajstić information content (AvgIpc) is 3.05. The van der Waals surface area contributed by atoms with E-state index in [1.807, 2.05) is 17.5 Å². The van der Waals surface area contributed by atoms with E-state index in [0.29, 0.717) is 23.7 Å². The van der Waals surface area contributed by atoms with Crippen molar-refractivity contribution in [2.75, 3.05) is 17.7 Å². The van der Waals surface area contributed by atoms with E-state index in [1.54, 1.807) is 43.6 Å². The fraction of sp³-hybridized carbons (Fsp3) is 0.294. The number of anilines is 2. The van der Waals surface area contributed by atoms with Crippen LogP contribution in [0.4, 0.5) is 11.4 Å². The molecule has 0 saturated heterocycles. The molecular formula is C17H21N3O3S. The van der Waals surface area contributed by atoms with Gasteiger partial charge in [-0.3, -0.25) is 9.59 Å². The summed E-state index contributed by atoms with van der Waals surface area (Å²) in [7, 11) is 1.56. The van der Waals surface area contributed by atoms with Crippen molar-refractivity contribution in [1.29, 1.82) is 0 Å². The van der Waals surface area contributed by atoms with Crippen LogP contribution < -0.4 is 20.7 Å². The van der Waals surface area contributed by atoms with E-state index in [9.17, 15) is 9.59 Å². The third-order valence-electron chi connectivity index (χ3n) is 3.30.